The highest BCUT2D eigenvalue weighted by molar-refractivity contribution is 7.89. The minimum atomic E-state index is -4.10. The van der Waals surface area contributed by atoms with Crippen molar-refractivity contribution in [3.05, 3.63) is 58.9 Å². The van der Waals surface area contributed by atoms with E-state index in [-0.39, 0.29) is 18.7 Å². The molecule has 1 amide bonds. The highest BCUT2D eigenvalue weighted by Crippen LogP contribution is 2.22. The Morgan fingerprint density at radius 2 is 1.77 bits per heavy atom. The average molecular weight is 451 g/mol. The zero-order chi connectivity index (χ0) is 23.2. The van der Waals surface area contributed by atoms with Gasteiger partial charge in [-0.05, 0) is 42.7 Å². The van der Waals surface area contributed by atoms with Gasteiger partial charge in [-0.1, -0.05) is 39.0 Å². The lowest BCUT2D eigenvalue weighted by atomic mass is 10.1. The van der Waals surface area contributed by atoms with Crippen LogP contribution in [0.15, 0.2) is 41.3 Å². The number of hydrogen-bond acceptors (Lipinski definition) is 5. The summed E-state index contributed by atoms with van der Waals surface area (Å²) in [6.45, 7) is 6.84. The molecule has 0 aliphatic heterocycles. The Hall–Kier alpha value is -2.78. The van der Waals surface area contributed by atoms with Gasteiger partial charge in [0.25, 0.3) is 5.91 Å². The number of nitrogens with one attached hydrogen (secondary N) is 1. The van der Waals surface area contributed by atoms with Gasteiger partial charge in [0.1, 0.15) is 10.7 Å². The van der Waals surface area contributed by atoms with E-state index in [0.717, 1.165) is 40.1 Å². The lowest BCUT2D eigenvalue weighted by Gasteiger charge is -2.19. The van der Waals surface area contributed by atoms with Crippen LogP contribution in [0.3, 0.4) is 0 Å². The SMILES string of the molecule is CCc1cccc(C)c1NC(=O)COC(=O)c1ccc(F)c(S(=O)(=O)N(CC)CC)c1. The van der Waals surface area contributed by atoms with Crippen LogP contribution in [-0.2, 0) is 26.0 Å². The Morgan fingerprint density at radius 3 is 2.39 bits per heavy atom. The Morgan fingerprint density at radius 1 is 1.10 bits per heavy atom. The third-order valence-corrected chi connectivity index (χ3v) is 6.89. The molecule has 1 N–H and O–H groups in total. The second-order valence-corrected chi connectivity index (χ2v) is 8.73. The third-order valence-electron chi connectivity index (χ3n) is 4.83. The van der Waals surface area contributed by atoms with Crippen LogP contribution in [0.2, 0.25) is 0 Å². The van der Waals surface area contributed by atoms with E-state index in [1.165, 1.54) is 0 Å². The molecule has 2 aromatic carbocycles. The fraction of sp³-hybridized carbons (Fsp3) is 0.364. The van der Waals surface area contributed by atoms with E-state index in [1.54, 1.807) is 13.8 Å². The van der Waals surface area contributed by atoms with Crippen LogP contribution >= 0.6 is 0 Å². The fourth-order valence-corrected chi connectivity index (χ4v) is 4.67. The number of sulfonamides is 1. The van der Waals surface area contributed by atoms with Crippen LogP contribution in [0.5, 0.6) is 0 Å². The van der Waals surface area contributed by atoms with E-state index in [4.69, 9.17) is 4.74 Å². The molecule has 2 aromatic rings. The maximum atomic E-state index is 14.2. The number of amides is 1. The number of carbonyl (C=O) groups is 2. The molecule has 0 fully saturated rings. The highest BCUT2D eigenvalue weighted by Gasteiger charge is 2.27. The number of anilines is 1. The Balaban J connectivity index is 2.14. The molecule has 0 aliphatic rings. The van der Waals surface area contributed by atoms with Crippen molar-refractivity contribution in [3.63, 3.8) is 0 Å². The van der Waals surface area contributed by atoms with E-state index in [0.29, 0.717) is 5.69 Å². The number of aryl methyl sites for hydroxylation is 2. The van der Waals surface area contributed by atoms with E-state index < -0.39 is 39.2 Å². The molecule has 0 atom stereocenters. The van der Waals surface area contributed by atoms with Crippen molar-refractivity contribution in [2.75, 3.05) is 25.0 Å². The number of ether oxygens (including phenoxy) is 1. The summed E-state index contributed by atoms with van der Waals surface area (Å²) in [5.41, 5.74) is 2.33. The summed E-state index contributed by atoms with van der Waals surface area (Å²) in [5, 5.41) is 2.73. The molecule has 9 heteroatoms. The predicted octanol–water partition coefficient (Wildman–Crippen LogP) is 3.52. The summed E-state index contributed by atoms with van der Waals surface area (Å²) in [6.07, 6.45) is 0.719. The molecule has 7 nitrogen and oxygen atoms in total. The molecular weight excluding hydrogens is 423 g/mol. The molecule has 168 valence electrons. The maximum absolute atomic E-state index is 14.2. The molecule has 31 heavy (non-hydrogen) atoms. The van der Waals surface area contributed by atoms with Gasteiger partial charge in [-0.25, -0.2) is 17.6 Å². The molecule has 0 bridgehead atoms. The summed E-state index contributed by atoms with van der Waals surface area (Å²) in [7, 11) is -4.10. The minimum absolute atomic E-state index is 0.159. The van der Waals surface area contributed by atoms with E-state index >= 15 is 0 Å². The van der Waals surface area contributed by atoms with Crippen LogP contribution in [0, 0.1) is 12.7 Å². The maximum Gasteiger partial charge on any atom is 0.338 e. The topological polar surface area (TPSA) is 92.8 Å². The molecule has 0 saturated carbocycles. The van der Waals surface area contributed by atoms with Gasteiger partial charge in [0.05, 0.1) is 5.56 Å². The zero-order valence-corrected chi connectivity index (χ0v) is 18.9. The number of carbonyl (C=O) groups excluding carboxylic acids is 2. The van der Waals surface area contributed by atoms with Crippen molar-refractivity contribution in [1.29, 1.82) is 0 Å². The molecule has 0 unspecified atom stereocenters. The molecular formula is C22H27FN2O5S. The molecule has 2 rings (SSSR count). The largest absolute Gasteiger partial charge is 0.452 e. The summed E-state index contributed by atoms with van der Waals surface area (Å²) in [5.74, 6) is -2.42. The third kappa shape index (κ3) is 5.68. The average Bonchev–Trinajstić information content (AvgIpc) is 2.74. The first-order valence-electron chi connectivity index (χ1n) is 10.0. The van der Waals surface area contributed by atoms with Crippen LogP contribution in [0.4, 0.5) is 10.1 Å². The normalized spacial score (nSPS) is 11.4. The summed E-state index contributed by atoms with van der Waals surface area (Å²) >= 11 is 0. The van der Waals surface area contributed by atoms with Crippen LogP contribution < -0.4 is 5.32 Å². The van der Waals surface area contributed by atoms with Gasteiger partial charge >= 0.3 is 5.97 Å². The van der Waals surface area contributed by atoms with Gasteiger partial charge in [0.15, 0.2) is 6.61 Å². The Labute approximate surface area is 182 Å². The van der Waals surface area contributed by atoms with Crippen molar-refractivity contribution in [2.24, 2.45) is 0 Å². The standard InChI is InChI=1S/C22H27FN2O5S/c1-5-16-10-8-9-15(4)21(16)24-20(26)14-30-22(27)17-11-12-18(23)19(13-17)31(28,29)25(6-2)7-3/h8-13H,5-7,14H2,1-4H3,(H,24,26). The lowest BCUT2D eigenvalue weighted by molar-refractivity contribution is -0.119. The first-order valence-corrected chi connectivity index (χ1v) is 11.4. The molecule has 0 aliphatic carbocycles. The van der Waals surface area contributed by atoms with Gasteiger partial charge in [-0.3, -0.25) is 4.79 Å². The van der Waals surface area contributed by atoms with Crippen molar-refractivity contribution >= 4 is 27.6 Å². The smallest absolute Gasteiger partial charge is 0.338 e. The monoisotopic (exact) mass is 450 g/mol. The van der Waals surface area contributed by atoms with Crippen molar-refractivity contribution in [2.45, 2.75) is 39.0 Å². The van der Waals surface area contributed by atoms with Crippen molar-refractivity contribution < 1.29 is 27.1 Å². The first-order chi connectivity index (χ1) is 14.6. The van der Waals surface area contributed by atoms with Gasteiger partial charge < -0.3 is 10.1 Å². The summed E-state index contributed by atoms with van der Waals surface area (Å²) < 4.78 is 45.5. The van der Waals surface area contributed by atoms with Gasteiger partial charge in [-0.2, -0.15) is 4.31 Å². The molecule has 0 heterocycles. The zero-order valence-electron chi connectivity index (χ0n) is 18.1. The molecule has 0 radical (unpaired) electrons. The van der Waals surface area contributed by atoms with Gasteiger partial charge in [-0.15, -0.1) is 0 Å². The number of benzene rings is 2. The Bertz CT molecular complexity index is 1070. The van der Waals surface area contributed by atoms with Crippen molar-refractivity contribution in [3.8, 4) is 0 Å². The molecule has 0 saturated heterocycles. The van der Waals surface area contributed by atoms with E-state index in [9.17, 15) is 22.4 Å². The number of halogens is 1. The lowest BCUT2D eigenvalue weighted by Crippen LogP contribution is -2.31. The number of rotatable bonds is 9. The molecule has 0 spiro atoms. The quantitative estimate of drug-likeness (QED) is 0.590. The van der Waals surface area contributed by atoms with Gasteiger partial charge in [0.2, 0.25) is 10.0 Å². The van der Waals surface area contributed by atoms with Crippen LogP contribution in [-0.4, -0.2) is 44.3 Å². The van der Waals surface area contributed by atoms with E-state index in [2.05, 4.69) is 5.32 Å². The summed E-state index contributed by atoms with van der Waals surface area (Å²) in [6, 6.07) is 8.59. The highest BCUT2D eigenvalue weighted by atomic mass is 32.2. The van der Waals surface area contributed by atoms with Crippen LogP contribution in [0.25, 0.3) is 0 Å². The minimum Gasteiger partial charge on any atom is -0.452 e. The number of para-hydroxylation sites is 1. The van der Waals surface area contributed by atoms with E-state index in [1.807, 2.05) is 32.0 Å². The van der Waals surface area contributed by atoms with Crippen LogP contribution in [0.1, 0.15) is 42.3 Å². The molecule has 0 aromatic heterocycles. The summed E-state index contributed by atoms with van der Waals surface area (Å²) in [4.78, 5) is 24.0. The predicted molar refractivity (Wildman–Crippen MR) is 116 cm³/mol. The second kappa shape index (κ2) is 10.5. The number of nitrogens with zero attached hydrogens (tertiary/aromatic N) is 1. The number of esters is 1. The number of hydrogen-bond donors (Lipinski definition) is 1. The van der Waals surface area contributed by atoms with Gasteiger partial charge in [0, 0.05) is 18.8 Å². The Kier molecular flexibility index (Phi) is 8.29. The first kappa shape index (κ1) is 24.5. The van der Waals surface area contributed by atoms with Crippen molar-refractivity contribution in [1.82, 2.24) is 4.31 Å². The second-order valence-electron chi connectivity index (χ2n) is 6.82. The fourth-order valence-electron chi connectivity index (χ4n) is 3.12.